The first-order valence-electron chi connectivity index (χ1n) is 4.44. The Morgan fingerprint density at radius 3 is 2.33 bits per heavy atom. The van der Waals surface area contributed by atoms with Crippen LogP contribution >= 0.6 is 0 Å². The van der Waals surface area contributed by atoms with Crippen LogP contribution in [0.15, 0.2) is 35.0 Å². The highest BCUT2D eigenvalue weighted by Gasteiger charge is 2.06. The van der Waals surface area contributed by atoms with Crippen molar-refractivity contribution in [3.63, 3.8) is 0 Å². The Labute approximate surface area is 87.8 Å². The SMILES string of the molecule is CN=C(C)/C(O)=C(\N)c1ccc(F)cc1. The number of rotatable bonds is 2. The maximum Gasteiger partial charge on any atom is 0.159 e. The molecule has 0 saturated heterocycles. The van der Waals surface area contributed by atoms with Gasteiger partial charge in [-0.15, -0.1) is 0 Å². The molecule has 15 heavy (non-hydrogen) atoms. The third-order valence-corrected chi connectivity index (χ3v) is 2.09. The second-order valence-electron chi connectivity index (χ2n) is 3.08. The van der Waals surface area contributed by atoms with Gasteiger partial charge in [-0.3, -0.25) is 4.99 Å². The molecular weight excluding hydrogens is 195 g/mol. The number of allylic oxidation sites excluding steroid dienone is 1. The van der Waals surface area contributed by atoms with Gasteiger partial charge in [0.25, 0.3) is 0 Å². The quantitative estimate of drug-likeness (QED) is 0.577. The van der Waals surface area contributed by atoms with E-state index < -0.39 is 0 Å². The predicted molar refractivity (Wildman–Crippen MR) is 59.2 cm³/mol. The van der Waals surface area contributed by atoms with E-state index >= 15 is 0 Å². The van der Waals surface area contributed by atoms with E-state index in [2.05, 4.69) is 4.99 Å². The Morgan fingerprint density at radius 1 is 1.33 bits per heavy atom. The first-order chi connectivity index (χ1) is 7.06. The molecule has 0 fully saturated rings. The van der Waals surface area contributed by atoms with Gasteiger partial charge < -0.3 is 10.8 Å². The third-order valence-electron chi connectivity index (χ3n) is 2.09. The number of halogens is 1. The number of nitrogens with zero attached hydrogens (tertiary/aromatic N) is 1. The van der Waals surface area contributed by atoms with Gasteiger partial charge in [-0.2, -0.15) is 0 Å². The standard InChI is InChI=1S/C11H13FN2O/c1-7(14-2)11(15)10(13)8-3-5-9(12)6-4-8/h3-6,15H,13H2,1-2H3/b11-10+,14-7?. The molecule has 1 aromatic rings. The molecule has 0 spiro atoms. The van der Waals surface area contributed by atoms with Crippen LogP contribution in [-0.4, -0.2) is 17.9 Å². The summed E-state index contributed by atoms with van der Waals surface area (Å²) in [4.78, 5) is 3.81. The Kier molecular flexibility index (Phi) is 3.44. The lowest BCUT2D eigenvalue weighted by atomic mass is 10.1. The molecule has 0 saturated carbocycles. The van der Waals surface area contributed by atoms with Gasteiger partial charge in [0, 0.05) is 12.6 Å². The van der Waals surface area contributed by atoms with Crippen molar-refractivity contribution in [2.75, 3.05) is 7.05 Å². The van der Waals surface area contributed by atoms with Gasteiger partial charge in [-0.25, -0.2) is 4.39 Å². The fourth-order valence-electron chi connectivity index (χ4n) is 1.07. The maximum atomic E-state index is 12.6. The van der Waals surface area contributed by atoms with E-state index in [0.717, 1.165) is 0 Å². The highest BCUT2D eigenvalue weighted by Crippen LogP contribution is 2.13. The number of nitrogens with two attached hydrogens (primary N) is 1. The average molecular weight is 208 g/mol. The van der Waals surface area contributed by atoms with Crippen molar-refractivity contribution in [2.24, 2.45) is 10.7 Å². The second kappa shape index (κ2) is 4.59. The van der Waals surface area contributed by atoms with Gasteiger partial charge in [0.1, 0.15) is 5.82 Å². The fourth-order valence-corrected chi connectivity index (χ4v) is 1.07. The zero-order valence-corrected chi connectivity index (χ0v) is 8.66. The molecule has 80 valence electrons. The molecular formula is C11H13FN2O. The van der Waals surface area contributed by atoms with Crippen LogP contribution in [0.5, 0.6) is 0 Å². The normalized spacial score (nSPS) is 13.7. The van der Waals surface area contributed by atoms with Crippen LogP contribution in [-0.2, 0) is 0 Å². The molecule has 3 N–H and O–H groups in total. The highest BCUT2D eigenvalue weighted by molar-refractivity contribution is 6.01. The molecule has 1 aromatic carbocycles. The van der Waals surface area contributed by atoms with Crippen molar-refractivity contribution >= 4 is 11.4 Å². The summed E-state index contributed by atoms with van der Waals surface area (Å²) in [5.74, 6) is -0.420. The molecule has 0 atom stereocenters. The molecule has 3 nitrogen and oxygen atoms in total. The molecule has 0 aliphatic heterocycles. The lowest BCUT2D eigenvalue weighted by Gasteiger charge is -2.05. The molecule has 0 amide bonds. The monoisotopic (exact) mass is 208 g/mol. The van der Waals surface area contributed by atoms with E-state index in [1.807, 2.05) is 0 Å². The molecule has 0 aliphatic carbocycles. The largest absolute Gasteiger partial charge is 0.504 e. The molecule has 0 bridgehead atoms. The molecule has 4 heteroatoms. The van der Waals surface area contributed by atoms with Gasteiger partial charge in [0.15, 0.2) is 5.76 Å². The number of hydrogen-bond acceptors (Lipinski definition) is 3. The lowest BCUT2D eigenvalue weighted by Crippen LogP contribution is -2.07. The van der Waals surface area contributed by atoms with Gasteiger partial charge in [-0.05, 0) is 31.2 Å². The number of aliphatic imine (C=N–C) groups is 1. The zero-order valence-electron chi connectivity index (χ0n) is 8.66. The topological polar surface area (TPSA) is 58.6 Å². The minimum atomic E-state index is -0.341. The summed E-state index contributed by atoms with van der Waals surface area (Å²) in [7, 11) is 1.56. The van der Waals surface area contributed by atoms with Crippen LogP contribution in [0, 0.1) is 5.82 Å². The zero-order chi connectivity index (χ0) is 11.4. The summed E-state index contributed by atoms with van der Waals surface area (Å²) >= 11 is 0. The molecule has 0 radical (unpaired) electrons. The molecule has 0 unspecified atom stereocenters. The predicted octanol–water partition coefficient (Wildman–Crippen LogP) is 2.10. The van der Waals surface area contributed by atoms with E-state index in [1.165, 1.54) is 24.3 Å². The van der Waals surface area contributed by atoms with E-state index in [9.17, 15) is 9.50 Å². The Balaban J connectivity index is 3.13. The highest BCUT2D eigenvalue weighted by atomic mass is 19.1. The van der Waals surface area contributed by atoms with Crippen LogP contribution in [0.25, 0.3) is 5.70 Å². The fraction of sp³-hybridized carbons (Fsp3) is 0.182. The van der Waals surface area contributed by atoms with Crippen molar-refractivity contribution in [3.8, 4) is 0 Å². The summed E-state index contributed by atoms with van der Waals surface area (Å²) in [6.07, 6.45) is 0. The van der Waals surface area contributed by atoms with Gasteiger partial charge >= 0.3 is 0 Å². The van der Waals surface area contributed by atoms with Gasteiger partial charge in [-0.1, -0.05) is 0 Å². The van der Waals surface area contributed by atoms with Gasteiger partial charge in [0.05, 0.1) is 11.4 Å². The van der Waals surface area contributed by atoms with E-state index in [-0.39, 0.29) is 17.3 Å². The van der Waals surface area contributed by atoms with Crippen molar-refractivity contribution in [1.82, 2.24) is 0 Å². The number of hydrogen-bond donors (Lipinski definition) is 2. The number of aliphatic hydroxyl groups excluding tert-OH is 1. The van der Waals surface area contributed by atoms with Crippen molar-refractivity contribution in [3.05, 3.63) is 41.4 Å². The second-order valence-corrected chi connectivity index (χ2v) is 3.08. The summed E-state index contributed by atoms with van der Waals surface area (Å²) in [6, 6.07) is 5.58. The average Bonchev–Trinajstić information content (AvgIpc) is 2.27. The van der Waals surface area contributed by atoms with E-state index in [0.29, 0.717) is 11.3 Å². The number of aliphatic hydroxyl groups is 1. The maximum absolute atomic E-state index is 12.6. The third kappa shape index (κ3) is 2.56. The van der Waals surface area contributed by atoms with Crippen LogP contribution in [0.1, 0.15) is 12.5 Å². The van der Waals surface area contributed by atoms with Crippen LogP contribution < -0.4 is 5.73 Å². The van der Waals surface area contributed by atoms with Crippen molar-refractivity contribution in [2.45, 2.75) is 6.92 Å². The molecule has 0 aliphatic rings. The van der Waals surface area contributed by atoms with Crippen molar-refractivity contribution < 1.29 is 9.50 Å². The number of benzene rings is 1. The summed E-state index contributed by atoms with van der Waals surface area (Å²) in [6.45, 7) is 1.64. The first kappa shape index (κ1) is 11.2. The summed E-state index contributed by atoms with van der Waals surface area (Å²) < 4.78 is 12.6. The van der Waals surface area contributed by atoms with E-state index in [4.69, 9.17) is 5.73 Å². The Hall–Kier alpha value is -1.84. The Bertz CT molecular complexity index is 407. The van der Waals surface area contributed by atoms with Gasteiger partial charge in [0.2, 0.25) is 0 Å². The van der Waals surface area contributed by atoms with Crippen LogP contribution in [0.3, 0.4) is 0 Å². The molecule has 0 heterocycles. The molecule has 0 aromatic heterocycles. The minimum absolute atomic E-state index is 0.0795. The summed E-state index contributed by atoms with van der Waals surface area (Å²) in [5, 5.41) is 9.64. The smallest absolute Gasteiger partial charge is 0.159 e. The van der Waals surface area contributed by atoms with Crippen LogP contribution in [0.4, 0.5) is 4.39 Å². The Morgan fingerprint density at radius 2 is 1.87 bits per heavy atom. The minimum Gasteiger partial charge on any atom is -0.504 e. The first-order valence-corrected chi connectivity index (χ1v) is 4.44. The lowest BCUT2D eigenvalue weighted by molar-refractivity contribution is 0.444. The van der Waals surface area contributed by atoms with Crippen molar-refractivity contribution in [1.29, 1.82) is 0 Å². The van der Waals surface area contributed by atoms with E-state index in [1.54, 1.807) is 14.0 Å². The van der Waals surface area contributed by atoms with Crippen LogP contribution in [0.2, 0.25) is 0 Å². The summed E-state index contributed by atoms with van der Waals surface area (Å²) in [5.41, 5.74) is 6.89. The molecule has 1 rings (SSSR count).